The predicted molar refractivity (Wildman–Crippen MR) is 163 cm³/mol. The maximum atomic E-state index is 8.63. The molecule has 4 rings (SSSR count). The van der Waals surface area contributed by atoms with Crippen molar-refractivity contribution in [2.45, 2.75) is 114 Å². The van der Waals surface area contributed by atoms with E-state index in [-0.39, 0.29) is 0 Å². The van der Waals surface area contributed by atoms with Gasteiger partial charge in [0.1, 0.15) is 5.75 Å². The Morgan fingerprint density at radius 3 is 1.46 bits per heavy atom. The number of hydrogen-bond donors (Lipinski definition) is 2. The summed E-state index contributed by atoms with van der Waals surface area (Å²) in [6, 6.07) is 22.7. The summed E-state index contributed by atoms with van der Waals surface area (Å²) in [7, 11) is 0. The van der Waals surface area contributed by atoms with Crippen molar-refractivity contribution in [1.82, 2.24) is 0 Å². The summed E-state index contributed by atoms with van der Waals surface area (Å²) in [5.41, 5.74) is 5.51. The third kappa shape index (κ3) is 10.9. The zero-order chi connectivity index (χ0) is 26.1. The molecule has 3 heteroatoms. The fourth-order valence-corrected chi connectivity index (χ4v) is 5.85. The van der Waals surface area contributed by atoms with Gasteiger partial charge in [-0.25, -0.2) is 0 Å². The Kier molecular flexibility index (Phi) is 13.5. The lowest BCUT2D eigenvalue weighted by atomic mass is 10.0. The van der Waals surface area contributed by atoms with Crippen LogP contribution in [0.3, 0.4) is 0 Å². The van der Waals surface area contributed by atoms with Crippen molar-refractivity contribution in [2.75, 3.05) is 5.32 Å². The Balaban J connectivity index is 0.000000468. The van der Waals surface area contributed by atoms with E-state index in [0.29, 0.717) is 5.75 Å². The van der Waals surface area contributed by atoms with Gasteiger partial charge < -0.3 is 10.4 Å². The highest BCUT2D eigenvalue weighted by Crippen LogP contribution is 2.45. The molecule has 0 saturated heterocycles. The van der Waals surface area contributed by atoms with Gasteiger partial charge in [0.25, 0.3) is 0 Å². The van der Waals surface area contributed by atoms with Gasteiger partial charge in [0, 0.05) is 9.79 Å². The average Bonchev–Trinajstić information content (AvgIpc) is 2.92. The number of nitrogens with one attached hydrogen (secondary N) is 1. The summed E-state index contributed by atoms with van der Waals surface area (Å²) in [5, 5.41) is 12.3. The molecule has 0 unspecified atom stereocenters. The van der Waals surface area contributed by atoms with Gasteiger partial charge >= 0.3 is 0 Å². The number of aromatic hydroxyl groups is 1. The van der Waals surface area contributed by atoms with Gasteiger partial charge in [-0.15, -0.1) is 0 Å². The summed E-state index contributed by atoms with van der Waals surface area (Å²) in [6.07, 6.45) is 18.8. The van der Waals surface area contributed by atoms with E-state index < -0.39 is 0 Å². The Hall–Kier alpha value is -2.39. The summed E-state index contributed by atoms with van der Waals surface area (Å²) in [5.74, 6) is 0.322. The molecule has 200 valence electrons. The first-order valence-electron chi connectivity index (χ1n) is 14.6. The molecule has 0 aliphatic carbocycles. The van der Waals surface area contributed by atoms with E-state index in [4.69, 9.17) is 5.11 Å². The Labute approximate surface area is 230 Å². The van der Waals surface area contributed by atoms with E-state index in [9.17, 15) is 0 Å². The molecule has 1 aliphatic heterocycles. The molecule has 0 saturated carbocycles. The molecule has 37 heavy (non-hydrogen) atoms. The minimum atomic E-state index is 0.322. The van der Waals surface area contributed by atoms with Crippen molar-refractivity contribution < 1.29 is 5.11 Å². The van der Waals surface area contributed by atoms with Crippen LogP contribution in [0.4, 0.5) is 11.4 Å². The molecule has 0 atom stereocenters. The van der Waals surface area contributed by atoms with Crippen LogP contribution < -0.4 is 5.32 Å². The Morgan fingerprint density at radius 1 is 0.568 bits per heavy atom. The van der Waals surface area contributed by atoms with Gasteiger partial charge in [0.05, 0.1) is 11.4 Å². The number of unbranched alkanes of at least 4 members (excludes halogenated alkanes) is 10. The standard InChI is InChI=1S/C28H41NS.C6H6O/c1-3-5-7-9-11-13-15-23-17-19-25-27(21-23)30-28-22-24(18-20-26(28)29-25)16-14-12-10-8-6-4-2;7-6-4-2-1-3-5-6/h17-22,29H,3-16H2,1-2H3;1-5,7H. The molecular weight excluding hydrogens is 470 g/mol. The summed E-state index contributed by atoms with van der Waals surface area (Å²) in [6.45, 7) is 4.57. The lowest BCUT2D eigenvalue weighted by molar-refractivity contribution is 0.475. The number of phenols is 1. The van der Waals surface area contributed by atoms with Crippen molar-refractivity contribution >= 4 is 23.1 Å². The molecule has 1 heterocycles. The van der Waals surface area contributed by atoms with Gasteiger partial charge in [-0.1, -0.05) is 120 Å². The first kappa shape index (κ1) is 29.2. The van der Waals surface area contributed by atoms with E-state index >= 15 is 0 Å². The number of aryl methyl sites for hydroxylation is 2. The predicted octanol–water partition coefficient (Wildman–Crippen LogP) is 11.1. The Bertz CT molecular complexity index is 970. The Morgan fingerprint density at radius 2 is 1.03 bits per heavy atom. The molecule has 3 aromatic carbocycles. The number of fused-ring (bicyclic) bond motifs is 2. The second-order valence-corrected chi connectivity index (χ2v) is 11.3. The van der Waals surface area contributed by atoms with Crippen LogP contribution in [-0.2, 0) is 12.8 Å². The van der Waals surface area contributed by atoms with Crippen molar-refractivity contribution in [2.24, 2.45) is 0 Å². The van der Waals surface area contributed by atoms with Crippen LogP contribution in [0.5, 0.6) is 5.75 Å². The van der Waals surface area contributed by atoms with Crippen molar-refractivity contribution in [3.8, 4) is 5.75 Å². The van der Waals surface area contributed by atoms with Gasteiger partial charge in [0.15, 0.2) is 0 Å². The van der Waals surface area contributed by atoms with E-state index in [1.807, 2.05) is 17.8 Å². The normalized spacial score (nSPS) is 11.6. The van der Waals surface area contributed by atoms with E-state index in [1.165, 1.54) is 122 Å². The molecule has 2 nitrogen and oxygen atoms in total. The minimum Gasteiger partial charge on any atom is -0.508 e. The van der Waals surface area contributed by atoms with Crippen LogP contribution in [0.25, 0.3) is 0 Å². The minimum absolute atomic E-state index is 0.322. The molecule has 0 bridgehead atoms. The van der Waals surface area contributed by atoms with Crippen LogP contribution >= 0.6 is 11.8 Å². The number of hydrogen-bond acceptors (Lipinski definition) is 3. The molecular formula is C34H47NOS. The number of phenolic OH excluding ortho intramolecular Hbond substituents is 1. The van der Waals surface area contributed by atoms with Crippen molar-refractivity contribution in [3.63, 3.8) is 0 Å². The zero-order valence-electron chi connectivity index (χ0n) is 23.1. The van der Waals surface area contributed by atoms with Crippen molar-refractivity contribution in [1.29, 1.82) is 0 Å². The van der Waals surface area contributed by atoms with Gasteiger partial charge in [-0.3, -0.25) is 0 Å². The summed E-state index contributed by atoms with van der Waals surface area (Å²) >= 11 is 1.95. The fourth-order valence-electron chi connectivity index (χ4n) is 4.73. The number of rotatable bonds is 14. The van der Waals surface area contributed by atoms with E-state index in [1.54, 1.807) is 24.3 Å². The summed E-state index contributed by atoms with van der Waals surface area (Å²) < 4.78 is 0. The molecule has 3 aromatic rings. The lowest BCUT2D eigenvalue weighted by Crippen LogP contribution is -2.01. The van der Waals surface area contributed by atoms with Crippen LogP contribution in [0.2, 0.25) is 0 Å². The molecule has 2 N–H and O–H groups in total. The van der Waals surface area contributed by atoms with Gasteiger partial charge in [-0.2, -0.15) is 0 Å². The number of para-hydroxylation sites is 1. The quantitative estimate of drug-likeness (QED) is 0.163. The van der Waals surface area contributed by atoms with Crippen LogP contribution in [0, 0.1) is 0 Å². The van der Waals surface area contributed by atoms with E-state index in [2.05, 4.69) is 55.6 Å². The smallest absolute Gasteiger partial charge is 0.115 e. The highest BCUT2D eigenvalue weighted by molar-refractivity contribution is 7.99. The average molecular weight is 518 g/mol. The molecule has 0 aromatic heterocycles. The van der Waals surface area contributed by atoms with Crippen LogP contribution in [0.15, 0.2) is 76.5 Å². The second kappa shape index (κ2) is 17.2. The monoisotopic (exact) mass is 517 g/mol. The number of benzene rings is 3. The first-order chi connectivity index (χ1) is 18.2. The SMILES string of the molecule is CCCCCCCCc1ccc2c(c1)Sc1cc(CCCCCCCC)ccc1N2.Oc1ccccc1. The van der Waals surface area contributed by atoms with Crippen LogP contribution in [0.1, 0.15) is 102 Å². The maximum Gasteiger partial charge on any atom is 0.115 e. The van der Waals surface area contributed by atoms with Crippen molar-refractivity contribution in [3.05, 3.63) is 77.9 Å². The molecule has 0 fully saturated rings. The maximum absolute atomic E-state index is 8.63. The third-order valence-electron chi connectivity index (χ3n) is 6.98. The first-order valence-corrected chi connectivity index (χ1v) is 15.5. The van der Waals surface area contributed by atoms with Gasteiger partial charge in [0.2, 0.25) is 0 Å². The summed E-state index contributed by atoms with van der Waals surface area (Å²) in [4.78, 5) is 2.78. The lowest BCUT2D eigenvalue weighted by Gasteiger charge is -2.22. The largest absolute Gasteiger partial charge is 0.508 e. The highest BCUT2D eigenvalue weighted by Gasteiger charge is 2.16. The van der Waals surface area contributed by atoms with Gasteiger partial charge in [-0.05, 0) is 73.2 Å². The molecule has 0 spiro atoms. The molecule has 0 amide bonds. The highest BCUT2D eigenvalue weighted by atomic mass is 32.2. The molecule has 1 aliphatic rings. The zero-order valence-corrected chi connectivity index (χ0v) is 23.9. The van der Waals surface area contributed by atoms with E-state index in [0.717, 1.165) is 0 Å². The van der Waals surface area contributed by atoms with Crippen LogP contribution in [-0.4, -0.2) is 5.11 Å². The topological polar surface area (TPSA) is 32.3 Å². The fraction of sp³-hybridized carbons (Fsp3) is 0.471. The second-order valence-electron chi connectivity index (χ2n) is 10.3. The number of anilines is 2. The third-order valence-corrected chi connectivity index (χ3v) is 8.09. The molecule has 0 radical (unpaired) electrons.